The molecule has 114 valence electrons. The molecule has 6 nitrogen and oxygen atoms in total. The average Bonchev–Trinajstić information content (AvgIpc) is 2.79. The van der Waals surface area contributed by atoms with E-state index >= 15 is 0 Å². The van der Waals surface area contributed by atoms with Gasteiger partial charge in [0.1, 0.15) is 5.82 Å². The predicted molar refractivity (Wildman–Crippen MR) is 73.7 cm³/mol. The highest BCUT2D eigenvalue weighted by atomic mass is 19.1. The van der Waals surface area contributed by atoms with Crippen LogP contribution in [-0.2, 0) is 0 Å². The molecule has 2 unspecified atom stereocenters. The van der Waals surface area contributed by atoms with Crippen LogP contribution in [-0.4, -0.2) is 46.3 Å². The van der Waals surface area contributed by atoms with Gasteiger partial charge in [0.05, 0.1) is 18.2 Å². The third-order valence-electron chi connectivity index (χ3n) is 3.78. The highest BCUT2D eigenvalue weighted by molar-refractivity contribution is 5.92. The maximum atomic E-state index is 13.5. The molecule has 0 aliphatic carbocycles. The zero-order valence-corrected chi connectivity index (χ0v) is 11.5. The first kappa shape index (κ1) is 15.2. The lowest BCUT2D eigenvalue weighted by molar-refractivity contribution is 0.0692. The molecule has 1 aliphatic heterocycles. The summed E-state index contributed by atoms with van der Waals surface area (Å²) in [5.41, 5.74) is -0.269. The molecule has 1 heterocycles. The first-order chi connectivity index (χ1) is 9.93. The number of hydrogen-bond acceptors (Lipinski definition) is 3. The third kappa shape index (κ3) is 3.13. The quantitative estimate of drug-likeness (QED) is 0.792. The summed E-state index contributed by atoms with van der Waals surface area (Å²) in [7, 11) is 0. The number of amides is 2. The number of halogens is 1. The molecule has 2 atom stereocenters. The minimum atomic E-state index is -1.36. The van der Waals surface area contributed by atoms with Crippen molar-refractivity contribution >= 4 is 17.7 Å². The maximum Gasteiger partial charge on any atom is 0.338 e. The molecule has 7 heteroatoms. The summed E-state index contributed by atoms with van der Waals surface area (Å²) in [4.78, 5) is 24.4. The van der Waals surface area contributed by atoms with E-state index in [9.17, 15) is 19.1 Å². The number of aromatic carboxylic acids is 1. The highest BCUT2D eigenvalue weighted by Gasteiger charge is 2.33. The second-order valence-corrected chi connectivity index (χ2v) is 5.14. The van der Waals surface area contributed by atoms with Crippen molar-refractivity contribution in [3.05, 3.63) is 29.6 Å². The lowest BCUT2D eigenvalue weighted by Gasteiger charge is -2.25. The van der Waals surface area contributed by atoms with Gasteiger partial charge in [-0.3, -0.25) is 0 Å². The van der Waals surface area contributed by atoms with Crippen LogP contribution < -0.4 is 5.32 Å². The Kier molecular flexibility index (Phi) is 4.42. The molecular formula is C14H17FN2O4. The van der Waals surface area contributed by atoms with Gasteiger partial charge >= 0.3 is 12.0 Å². The summed E-state index contributed by atoms with van der Waals surface area (Å²) >= 11 is 0. The Morgan fingerprint density at radius 2 is 2.19 bits per heavy atom. The number of likely N-dealkylation sites (tertiary alicyclic amines) is 1. The highest BCUT2D eigenvalue weighted by Crippen LogP contribution is 2.24. The van der Waals surface area contributed by atoms with Crippen molar-refractivity contribution in [2.24, 2.45) is 5.92 Å². The van der Waals surface area contributed by atoms with Crippen LogP contribution in [0.2, 0.25) is 0 Å². The zero-order chi connectivity index (χ0) is 15.6. The molecule has 1 fully saturated rings. The SMILES string of the molecule is CC1CCN(C(=O)Nc2ccc(C(=O)O)c(F)c2)C1CO. The van der Waals surface area contributed by atoms with E-state index in [1.165, 1.54) is 11.0 Å². The number of aliphatic hydroxyl groups excluding tert-OH is 1. The number of carboxylic acids is 1. The predicted octanol–water partition coefficient (Wildman–Crippen LogP) is 1.76. The van der Waals surface area contributed by atoms with Crippen LogP contribution >= 0.6 is 0 Å². The summed E-state index contributed by atoms with van der Waals surface area (Å²) in [6.07, 6.45) is 0.797. The molecule has 21 heavy (non-hydrogen) atoms. The number of aliphatic hydroxyl groups is 1. The van der Waals surface area contributed by atoms with E-state index in [1.807, 2.05) is 6.92 Å². The smallest absolute Gasteiger partial charge is 0.338 e. The average molecular weight is 296 g/mol. The first-order valence-electron chi connectivity index (χ1n) is 6.65. The van der Waals surface area contributed by atoms with Crippen molar-refractivity contribution in [1.82, 2.24) is 4.90 Å². The number of carbonyl (C=O) groups excluding carboxylic acids is 1. The molecule has 0 radical (unpaired) electrons. The molecule has 0 bridgehead atoms. The van der Waals surface area contributed by atoms with E-state index in [0.29, 0.717) is 6.54 Å². The van der Waals surface area contributed by atoms with Crippen molar-refractivity contribution in [3.8, 4) is 0 Å². The van der Waals surface area contributed by atoms with Crippen LogP contribution in [0.3, 0.4) is 0 Å². The fourth-order valence-electron chi connectivity index (χ4n) is 2.50. The molecule has 2 rings (SSSR count). The van der Waals surface area contributed by atoms with Gasteiger partial charge in [-0.1, -0.05) is 6.92 Å². The summed E-state index contributed by atoms with van der Waals surface area (Å²) in [5, 5.41) is 20.6. The van der Waals surface area contributed by atoms with Crippen molar-refractivity contribution in [1.29, 1.82) is 0 Å². The number of hydrogen-bond donors (Lipinski definition) is 3. The Balaban J connectivity index is 2.10. The van der Waals surface area contributed by atoms with Crippen LogP contribution in [0.15, 0.2) is 18.2 Å². The van der Waals surface area contributed by atoms with E-state index in [1.54, 1.807) is 0 Å². The van der Waals surface area contributed by atoms with Gasteiger partial charge in [0.25, 0.3) is 0 Å². The Morgan fingerprint density at radius 1 is 1.48 bits per heavy atom. The Labute approximate surface area is 121 Å². The van der Waals surface area contributed by atoms with Crippen LogP contribution in [0.25, 0.3) is 0 Å². The van der Waals surface area contributed by atoms with Crippen molar-refractivity contribution < 1.29 is 24.2 Å². The third-order valence-corrected chi connectivity index (χ3v) is 3.78. The molecule has 0 spiro atoms. The minimum absolute atomic E-state index is 0.124. The molecule has 0 saturated carbocycles. The fourth-order valence-corrected chi connectivity index (χ4v) is 2.50. The maximum absolute atomic E-state index is 13.5. The van der Waals surface area contributed by atoms with Crippen molar-refractivity contribution in [3.63, 3.8) is 0 Å². The van der Waals surface area contributed by atoms with Crippen LogP contribution in [0, 0.1) is 11.7 Å². The molecule has 3 N–H and O–H groups in total. The van der Waals surface area contributed by atoms with Gasteiger partial charge in [-0.25, -0.2) is 14.0 Å². The van der Waals surface area contributed by atoms with E-state index in [0.717, 1.165) is 18.6 Å². The number of carbonyl (C=O) groups is 2. The van der Waals surface area contributed by atoms with Gasteiger partial charge in [-0.2, -0.15) is 0 Å². The molecule has 0 aromatic heterocycles. The normalized spacial score (nSPS) is 21.4. The molecule has 1 aromatic rings. The van der Waals surface area contributed by atoms with Gasteiger partial charge in [-0.05, 0) is 30.5 Å². The Bertz CT molecular complexity index is 564. The summed E-state index contributed by atoms with van der Waals surface area (Å²) in [6.45, 7) is 2.35. The van der Waals surface area contributed by atoms with Crippen LogP contribution in [0.4, 0.5) is 14.9 Å². The number of rotatable bonds is 3. The zero-order valence-electron chi connectivity index (χ0n) is 11.5. The molecule has 1 aliphatic rings. The van der Waals surface area contributed by atoms with E-state index < -0.39 is 23.4 Å². The summed E-state index contributed by atoms with van der Waals surface area (Å²) in [6, 6.07) is 2.71. The Morgan fingerprint density at radius 3 is 2.76 bits per heavy atom. The lowest BCUT2D eigenvalue weighted by Crippen LogP contribution is -2.42. The molecular weight excluding hydrogens is 279 g/mol. The van der Waals surface area contributed by atoms with Gasteiger partial charge < -0.3 is 20.4 Å². The number of nitrogens with one attached hydrogen (secondary N) is 1. The monoisotopic (exact) mass is 296 g/mol. The van der Waals surface area contributed by atoms with Gasteiger partial charge in [0, 0.05) is 12.2 Å². The van der Waals surface area contributed by atoms with Crippen molar-refractivity contribution in [2.75, 3.05) is 18.5 Å². The van der Waals surface area contributed by atoms with Gasteiger partial charge in [-0.15, -0.1) is 0 Å². The van der Waals surface area contributed by atoms with Crippen LogP contribution in [0.5, 0.6) is 0 Å². The lowest BCUT2D eigenvalue weighted by atomic mass is 10.0. The number of anilines is 1. The molecule has 1 aromatic carbocycles. The minimum Gasteiger partial charge on any atom is -0.478 e. The number of benzene rings is 1. The fraction of sp³-hybridized carbons (Fsp3) is 0.429. The second kappa shape index (κ2) is 6.09. The topological polar surface area (TPSA) is 89.9 Å². The number of carboxylic acid groups (broad SMARTS) is 1. The summed E-state index contributed by atoms with van der Waals surface area (Å²) < 4.78 is 13.5. The second-order valence-electron chi connectivity index (χ2n) is 5.14. The van der Waals surface area contributed by atoms with Gasteiger partial charge in [0.2, 0.25) is 0 Å². The largest absolute Gasteiger partial charge is 0.478 e. The van der Waals surface area contributed by atoms with E-state index in [2.05, 4.69) is 5.32 Å². The standard InChI is InChI=1S/C14H17FN2O4/c1-8-4-5-17(12(8)7-18)14(21)16-9-2-3-10(13(19)20)11(15)6-9/h2-3,6,8,12,18H,4-5,7H2,1H3,(H,16,21)(H,19,20). The van der Waals surface area contributed by atoms with Gasteiger partial charge in [0.15, 0.2) is 0 Å². The van der Waals surface area contributed by atoms with E-state index in [4.69, 9.17) is 5.11 Å². The number of urea groups is 1. The molecule has 2 amide bonds. The molecule has 1 saturated heterocycles. The first-order valence-corrected chi connectivity index (χ1v) is 6.65. The van der Waals surface area contributed by atoms with Crippen LogP contribution in [0.1, 0.15) is 23.7 Å². The van der Waals surface area contributed by atoms with E-state index in [-0.39, 0.29) is 24.3 Å². The van der Waals surface area contributed by atoms with Crippen molar-refractivity contribution in [2.45, 2.75) is 19.4 Å². The summed E-state index contributed by atoms with van der Waals surface area (Å²) in [5.74, 6) is -2.07. The Hall–Kier alpha value is -2.15. The number of nitrogens with zero attached hydrogens (tertiary/aromatic N) is 1.